The lowest BCUT2D eigenvalue weighted by molar-refractivity contribution is 0.183. The zero-order valence-electron chi connectivity index (χ0n) is 8.50. The average molecular weight is 194 g/mol. The normalized spacial score (nSPS) is 15.4. The van der Waals surface area contributed by atoms with Crippen molar-refractivity contribution in [3.05, 3.63) is 29.2 Å². The van der Waals surface area contributed by atoms with Gasteiger partial charge in [-0.2, -0.15) is 0 Å². The van der Waals surface area contributed by atoms with Crippen LogP contribution in [0.1, 0.15) is 19.8 Å². The fraction of sp³-hybridized carbons (Fsp3) is 0.455. The molecule has 0 aromatic heterocycles. The molecule has 0 radical (unpaired) electrons. The number of rotatable bonds is 4. The van der Waals surface area contributed by atoms with E-state index >= 15 is 0 Å². The van der Waals surface area contributed by atoms with Gasteiger partial charge in [-0.1, -0.05) is 6.92 Å². The summed E-state index contributed by atoms with van der Waals surface area (Å²) in [7, 11) is 1.58. The van der Waals surface area contributed by atoms with Crippen molar-refractivity contribution in [3.63, 3.8) is 0 Å². The van der Waals surface area contributed by atoms with Crippen LogP contribution in [0.2, 0.25) is 0 Å². The highest BCUT2D eigenvalue weighted by Gasteiger charge is 2.13. The van der Waals surface area contributed by atoms with Gasteiger partial charge in [0.1, 0.15) is 11.7 Å². The van der Waals surface area contributed by atoms with Crippen molar-refractivity contribution < 1.29 is 14.3 Å². The smallest absolute Gasteiger partial charge is 0.157 e. The van der Waals surface area contributed by atoms with E-state index in [9.17, 15) is 4.79 Å². The van der Waals surface area contributed by atoms with Crippen molar-refractivity contribution in [2.24, 2.45) is 0 Å². The molecule has 0 unspecified atom stereocenters. The zero-order chi connectivity index (χ0) is 10.4. The molecule has 3 heteroatoms. The van der Waals surface area contributed by atoms with Gasteiger partial charge in [-0.25, -0.2) is 4.79 Å². The number of carbonyl (C=O) groups excluding carboxylic acids is 1. The second-order valence-electron chi connectivity index (χ2n) is 2.98. The Morgan fingerprint density at radius 3 is 2.86 bits per heavy atom. The molecule has 0 saturated carbocycles. The zero-order valence-corrected chi connectivity index (χ0v) is 8.50. The van der Waals surface area contributed by atoms with E-state index in [1.807, 2.05) is 12.9 Å². The number of ether oxygens (including phenoxy) is 2. The van der Waals surface area contributed by atoms with Crippen molar-refractivity contribution in [2.75, 3.05) is 13.7 Å². The molecule has 0 spiro atoms. The third-order valence-corrected chi connectivity index (χ3v) is 1.90. The molecule has 76 valence electrons. The maximum absolute atomic E-state index is 10.4. The van der Waals surface area contributed by atoms with Crippen molar-refractivity contribution in [1.82, 2.24) is 0 Å². The Bertz CT molecular complexity index is 306. The van der Waals surface area contributed by atoms with Crippen LogP contribution in [0.15, 0.2) is 29.2 Å². The van der Waals surface area contributed by atoms with Gasteiger partial charge in [0.05, 0.1) is 13.7 Å². The summed E-state index contributed by atoms with van der Waals surface area (Å²) in [5.74, 6) is 3.26. The predicted octanol–water partition coefficient (Wildman–Crippen LogP) is 1.99. The van der Waals surface area contributed by atoms with Crippen LogP contribution in [0.4, 0.5) is 0 Å². The molecule has 0 N–H and O–H groups in total. The summed E-state index contributed by atoms with van der Waals surface area (Å²) in [5, 5.41) is 0. The summed E-state index contributed by atoms with van der Waals surface area (Å²) in [4.78, 5) is 10.4. The quantitative estimate of drug-likeness (QED) is 0.642. The first-order valence-corrected chi connectivity index (χ1v) is 4.63. The molecule has 1 aliphatic carbocycles. The Morgan fingerprint density at radius 1 is 1.50 bits per heavy atom. The van der Waals surface area contributed by atoms with Crippen LogP contribution in [0.5, 0.6) is 0 Å². The van der Waals surface area contributed by atoms with Crippen LogP contribution < -0.4 is 0 Å². The third-order valence-electron chi connectivity index (χ3n) is 1.90. The number of methoxy groups -OCH3 is 1. The molecule has 3 nitrogen and oxygen atoms in total. The lowest BCUT2D eigenvalue weighted by atomic mass is 10.1. The average Bonchev–Trinajstić information content (AvgIpc) is 2.26. The van der Waals surface area contributed by atoms with Crippen LogP contribution in [0.25, 0.3) is 0 Å². The van der Waals surface area contributed by atoms with Gasteiger partial charge >= 0.3 is 0 Å². The van der Waals surface area contributed by atoms with Crippen LogP contribution in [-0.4, -0.2) is 19.7 Å². The molecule has 0 atom stereocenters. The summed E-state index contributed by atoms with van der Waals surface area (Å²) in [6.07, 6.45) is 4.87. The van der Waals surface area contributed by atoms with Crippen molar-refractivity contribution in [3.8, 4) is 0 Å². The SMILES string of the molecule is CCCOC1=C(OC)CC(=C=O)C=C1. The van der Waals surface area contributed by atoms with E-state index in [-0.39, 0.29) is 0 Å². The highest BCUT2D eigenvalue weighted by atomic mass is 16.5. The first-order valence-electron chi connectivity index (χ1n) is 4.63. The monoisotopic (exact) mass is 194 g/mol. The van der Waals surface area contributed by atoms with Crippen LogP contribution >= 0.6 is 0 Å². The second kappa shape index (κ2) is 5.30. The van der Waals surface area contributed by atoms with Crippen molar-refractivity contribution in [1.29, 1.82) is 0 Å². The highest BCUT2D eigenvalue weighted by Crippen LogP contribution is 2.22. The van der Waals surface area contributed by atoms with Crippen molar-refractivity contribution in [2.45, 2.75) is 19.8 Å². The van der Waals surface area contributed by atoms with Gasteiger partial charge in [0.15, 0.2) is 5.76 Å². The van der Waals surface area contributed by atoms with E-state index in [1.165, 1.54) is 0 Å². The molecule has 0 aromatic carbocycles. The molecule has 0 saturated heterocycles. The van der Waals surface area contributed by atoms with E-state index in [0.29, 0.717) is 30.1 Å². The lowest BCUT2D eigenvalue weighted by Gasteiger charge is -2.15. The Kier molecular flexibility index (Phi) is 4.02. The molecular weight excluding hydrogens is 180 g/mol. The number of allylic oxidation sites excluding steroid dienone is 3. The van der Waals surface area contributed by atoms with Gasteiger partial charge in [-0.15, -0.1) is 0 Å². The highest BCUT2D eigenvalue weighted by molar-refractivity contribution is 5.60. The molecule has 1 rings (SSSR count). The Labute approximate surface area is 83.7 Å². The number of hydrogen-bond donors (Lipinski definition) is 0. The molecule has 0 aliphatic heterocycles. The minimum absolute atomic E-state index is 0.468. The summed E-state index contributed by atoms with van der Waals surface area (Å²) in [6.45, 7) is 2.70. The number of hydrogen-bond acceptors (Lipinski definition) is 3. The van der Waals surface area contributed by atoms with Gasteiger partial charge < -0.3 is 9.47 Å². The molecule has 0 fully saturated rings. The fourth-order valence-corrected chi connectivity index (χ4v) is 1.17. The minimum Gasteiger partial charge on any atom is -0.497 e. The standard InChI is InChI=1S/C11H14O3/c1-3-6-14-10-5-4-9(8-12)7-11(10)13-2/h4-5H,3,6-7H2,1-2H3. The van der Waals surface area contributed by atoms with Gasteiger partial charge in [0.2, 0.25) is 0 Å². The Morgan fingerprint density at radius 2 is 2.29 bits per heavy atom. The minimum atomic E-state index is 0.468. The summed E-state index contributed by atoms with van der Waals surface area (Å²) >= 11 is 0. The van der Waals surface area contributed by atoms with Crippen molar-refractivity contribution >= 4 is 5.94 Å². The first kappa shape index (κ1) is 10.6. The Hall–Kier alpha value is -1.47. The maximum atomic E-state index is 10.4. The fourth-order valence-electron chi connectivity index (χ4n) is 1.17. The lowest BCUT2D eigenvalue weighted by Crippen LogP contribution is -2.03. The van der Waals surface area contributed by atoms with Gasteiger partial charge in [0, 0.05) is 12.0 Å². The summed E-state index contributed by atoms with van der Waals surface area (Å²) < 4.78 is 10.6. The summed E-state index contributed by atoms with van der Waals surface area (Å²) in [6, 6.07) is 0. The third kappa shape index (κ3) is 2.51. The molecule has 0 aromatic rings. The van der Waals surface area contributed by atoms with E-state index in [2.05, 4.69) is 0 Å². The Balaban J connectivity index is 2.76. The van der Waals surface area contributed by atoms with E-state index in [4.69, 9.17) is 9.47 Å². The molecule has 0 amide bonds. The largest absolute Gasteiger partial charge is 0.497 e. The van der Waals surface area contributed by atoms with E-state index in [0.717, 1.165) is 6.42 Å². The van der Waals surface area contributed by atoms with Crippen LogP contribution in [0, 0.1) is 0 Å². The van der Waals surface area contributed by atoms with Crippen LogP contribution in [0.3, 0.4) is 0 Å². The molecule has 0 bridgehead atoms. The summed E-state index contributed by atoms with van der Waals surface area (Å²) in [5.41, 5.74) is 0.589. The molecule has 0 heterocycles. The van der Waals surface area contributed by atoms with Gasteiger partial charge in [-0.3, -0.25) is 0 Å². The molecular formula is C11H14O3. The van der Waals surface area contributed by atoms with Gasteiger partial charge in [0.25, 0.3) is 0 Å². The van der Waals surface area contributed by atoms with Crippen LogP contribution in [-0.2, 0) is 14.3 Å². The predicted molar refractivity (Wildman–Crippen MR) is 53.2 cm³/mol. The first-order chi connectivity index (χ1) is 6.81. The van der Waals surface area contributed by atoms with E-state index in [1.54, 1.807) is 19.3 Å². The maximum Gasteiger partial charge on any atom is 0.157 e. The topological polar surface area (TPSA) is 35.5 Å². The van der Waals surface area contributed by atoms with Gasteiger partial charge in [-0.05, 0) is 18.6 Å². The molecule has 14 heavy (non-hydrogen) atoms. The second-order valence-corrected chi connectivity index (χ2v) is 2.98. The van der Waals surface area contributed by atoms with E-state index < -0.39 is 0 Å². The molecule has 1 aliphatic rings.